The number of pyridine rings is 1. The lowest BCUT2D eigenvalue weighted by molar-refractivity contribution is 0.00578. The summed E-state index contributed by atoms with van der Waals surface area (Å²) < 4.78 is 14.1. The van der Waals surface area contributed by atoms with Crippen molar-refractivity contribution in [3.8, 4) is 0 Å². The van der Waals surface area contributed by atoms with Crippen LogP contribution in [0.4, 0.5) is 0 Å². The Labute approximate surface area is 137 Å². The van der Waals surface area contributed by atoms with E-state index < -0.39 is 7.12 Å². The normalized spacial score (nSPS) is 19.0. The fourth-order valence-corrected chi connectivity index (χ4v) is 2.50. The van der Waals surface area contributed by atoms with Gasteiger partial charge in [0, 0.05) is 17.9 Å². The molecule has 6 heteroatoms. The molecule has 0 aromatic carbocycles. The summed E-state index contributed by atoms with van der Waals surface area (Å²) in [5.41, 5.74) is 1.87. The van der Waals surface area contributed by atoms with Gasteiger partial charge in [-0.3, -0.25) is 9.67 Å². The lowest BCUT2D eigenvalue weighted by atomic mass is 9.79. The molecule has 120 valence electrons. The van der Waals surface area contributed by atoms with Crippen LogP contribution >= 0.6 is 0 Å². The van der Waals surface area contributed by atoms with E-state index in [1.165, 1.54) is 0 Å². The van der Waals surface area contributed by atoms with Crippen molar-refractivity contribution in [1.29, 1.82) is 0 Å². The predicted molar refractivity (Wildman–Crippen MR) is 91.4 cm³/mol. The molecule has 0 amide bonds. The third-order valence-corrected chi connectivity index (χ3v) is 4.57. The average Bonchev–Trinajstić information content (AvgIpc) is 2.98. The van der Waals surface area contributed by atoms with Crippen molar-refractivity contribution in [3.63, 3.8) is 0 Å². The van der Waals surface area contributed by atoms with E-state index >= 15 is 0 Å². The summed E-state index contributed by atoms with van der Waals surface area (Å²) in [5, 5.41) is 4.56. The van der Waals surface area contributed by atoms with Gasteiger partial charge in [0.2, 0.25) is 0 Å². The molecule has 3 rings (SSSR count). The topological polar surface area (TPSA) is 49.2 Å². The smallest absolute Gasteiger partial charge is 0.399 e. The van der Waals surface area contributed by atoms with E-state index in [9.17, 15) is 0 Å². The van der Waals surface area contributed by atoms with Crippen LogP contribution in [0.5, 0.6) is 0 Å². The first-order valence-electron chi connectivity index (χ1n) is 7.78. The van der Waals surface area contributed by atoms with Crippen LogP contribution in [0.25, 0.3) is 6.08 Å². The Balaban J connectivity index is 1.87. The SMILES string of the molecule is C=Cc1nn(Cc2ccccn2)cc1B1OC(C)(C)C(C)(C)O1. The summed E-state index contributed by atoms with van der Waals surface area (Å²) in [5.74, 6) is 0. The maximum absolute atomic E-state index is 6.12. The molecule has 0 aliphatic carbocycles. The van der Waals surface area contributed by atoms with E-state index in [4.69, 9.17) is 9.31 Å². The summed E-state index contributed by atoms with van der Waals surface area (Å²) in [7, 11) is -0.439. The molecule has 0 bridgehead atoms. The molecule has 2 aromatic rings. The van der Waals surface area contributed by atoms with Gasteiger partial charge in [-0.1, -0.05) is 12.6 Å². The van der Waals surface area contributed by atoms with E-state index in [2.05, 4.69) is 16.7 Å². The summed E-state index contributed by atoms with van der Waals surface area (Å²) in [6.07, 6.45) is 5.46. The number of aromatic nitrogens is 3. The standard InChI is InChI=1S/C17H22BN3O2/c1-6-15-14(18-22-16(2,3)17(4,5)23-18)12-21(20-15)11-13-9-7-8-10-19-13/h6-10,12H,1,11H2,2-5H3. The molecule has 23 heavy (non-hydrogen) atoms. The van der Waals surface area contributed by atoms with Gasteiger partial charge in [0.15, 0.2) is 0 Å². The molecular formula is C17H22BN3O2. The summed E-state index contributed by atoms with van der Waals surface area (Å²) in [6, 6.07) is 5.84. The fourth-order valence-electron chi connectivity index (χ4n) is 2.50. The van der Waals surface area contributed by atoms with E-state index in [-0.39, 0.29) is 11.2 Å². The molecule has 1 saturated heterocycles. The minimum absolute atomic E-state index is 0.376. The van der Waals surface area contributed by atoms with E-state index in [1.807, 2.05) is 56.8 Å². The van der Waals surface area contributed by atoms with Gasteiger partial charge in [0.1, 0.15) is 0 Å². The van der Waals surface area contributed by atoms with Crippen LogP contribution in [0.1, 0.15) is 39.1 Å². The van der Waals surface area contributed by atoms with Gasteiger partial charge in [-0.05, 0) is 45.9 Å². The zero-order valence-corrected chi connectivity index (χ0v) is 14.1. The van der Waals surface area contributed by atoms with Crippen LogP contribution in [0.3, 0.4) is 0 Å². The monoisotopic (exact) mass is 311 g/mol. The van der Waals surface area contributed by atoms with Crippen LogP contribution in [-0.4, -0.2) is 33.1 Å². The third-order valence-electron chi connectivity index (χ3n) is 4.57. The van der Waals surface area contributed by atoms with Crippen molar-refractivity contribution in [2.45, 2.75) is 45.4 Å². The van der Waals surface area contributed by atoms with Crippen LogP contribution in [0, 0.1) is 0 Å². The number of nitrogens with zero attached hydrogens (tertiary/aromatic N) is 3. The van der Waals surface area contributed by atoms with Gasteiger partial charge in [0.05, 0.1) is 29.1 Å². The zero-order valence-electron chi connectivity index (χ0n) is 14.1. The van der Waals surface area contributed by atoms with Crippen LogP contribution in [0.2, 0.25) is 0 Å². The maximum Gasteiger partial charge on any atom is 0.498 e. The van der Waals surface area contributed by atoms with Gasteiger partial charge in [-0.25, -0.2) is 0 Å². The highest BCUT2D eigenvalue weighted by atomic mass is 16.7. The van der Waals surface area contributed by atoms with Gasteiger partial charge in [0.25, 0.3) is 0 Å². The summed E-state index contributed by atoms with van der Waals surface area (Å²) in [4.78, 5) is 4.33. The highest BCUT2D eigenvalue weighted by Crippen LogP contribution is 2.36. The second-order valence-electron chi connectivity index (χ2n) is 6.78. The molecule has 0 N–H and O–H groups in total. The van der Waals surface area contributed by atoms with Crippen molar-refractivity contribution in [3.05, 3.63) is 48.6 Å². The summed E-state index contributed by atoms with van der Waals surface area (Å²) in [6.45, 7) is 12.6. The molecule has 5 nitrogen and oxygen atoms in total. The Hall–Kier alpha value is -1.92. The molecule has 1 aliphatic rings. The minimum atomic E-state index is -0.439. The van der Waals surface area contributed by atoms with Crippen LogP contribution < -0.4 is 5.46 Å². The number of hydrogen-bond acceptors (Lipinski definition) is 4. The Morgan fingerprint density at radius 2 is 1.91 bits per heavy atom. The lowest BCUT2D eigenvalue weighted by Gasteiger charge is -2.32. The predicted octanol–water partition coefficient (Wildman–Crippen LogP) is 2.27. The molecule has 0 unspecified atom stereocenters. The van der Waals surface area contributed by atoms with Gasteiger partial charge < -0.3 is 9.31 Å². The van der Waals surface area contributed by atoms with Crippen LogP contribution in [-0.2, 0) is 15.9 Å². The largest absolute Gasteiger partial charge is 0.498 e. The Kier molecular flexibility index (Phi) is 3.90. The van der Waals surface area contributed by atoms with Crippen molar-refractivity contribution in [1.82, 2.24) is 14.8 Å². The highest BCUT2D eigenvalue weighted by molar-refractivity contribution is 6.62. The van der Waals surface area contributed by atoms with Gasteiger partial charge >= 0.3 is 7.12 Å². The first-order chi connectivity index (χ1) is 10.8. The molecule has 3 heterocycles. The Morgan fingerprint density at radius 3 is 2.48 bits per heavy atom. The fraction of sp³-hybridized carbons (Fsp3) is 0.412. The molecule has 1 aliphatic heterocycles. The first kappa shape index (κ1) is 16.0. The average molecular weight is 311 g/mol. The lowest BCUT2D eigenvalue weighted by Crippen LogP contribution is -2.41. The second-order valence-corrected chi connectivity index (χ2v) is 6.78. The molecule has 0 spiro atoms. The van der Waals surface area contributed by atoms with Crippen LogP contribution in [0.15, 0.2) is 37.2 Å². The zero-order chi connectivity index (χ0) is 16.7. The van der Waals surface area contributed by atoms with Crippen molar-refractivity contribution in [2.24, 2.45) is 0 Å². The molecular weight excluding hydrogens is 289 g/mol. The molecule has 0 radical (unpaired) electrons. The van der Waals surface area contributed by atoms with E-state index in [0.29, 0.717) is 6.54 Å². The van der Waals surface area contributed by atoms with E-state index in [0.717, 1.165) is 16.9 Å². The third kappa shape index (κ3) is 2.96. The molecule has 1 fully saturated rings. The second kappa shape index (κ2) is 5.62. The highest BCUT2D eigenvalue weighted by Gasteiger charge is 2.52. The Morgan fingerprint density at radius 1 is 1.22 bits per heavy atom. The van der Waals surface area contributed by atoms with Gasteiger partial charge in [-0.2, -0.15) is 5.10 Å². The van der Waals surface area contributed by atoms with Crippen molar-refractivity contribution >= 4 is 18.7 Å². The molecule has 0 atom stereocenters. The Bertz CT molecular complexity index is 694. The molecule has 2 aromatic heterocycles. The summed E-state index contributed by atoms with van der Waals surface area (Å²) >= 11 is 0. The minimum Gasteiger partial charge on any atom is -0.399 e. The molecule has 0 saturated carbocycles. The van der Waals surface area contributed by atoms with Gasteiger partial charge in [-0.15, -0.1) is 0 Å². The quantitative estimate of drug-likeness (QED) is 0.813. The number of rotatable bonds is 4. The van der Waals surface area contributed by atoms with Crippen molar-refractivity contribution < 1.29 is 9.31 Å². The number of hydrogen-bond donors (Lipinski definition) is 0. The van der Waals surface area contributed by atoms with Crippen molar-refractivity contribution in [2.75, 3.05) is 0 Å². The van der Waals surface area contributed by atoms with E-state index in [1.54, 1.807) is 12.3 Å². The maximum atomic E-state index is 6.12. The first-order valence-corrected chi connectivity index (χ1v) is 7.78.